The molecule has 0 amide bonds. The summed E-state index contributed by atoms with van der Waals surface area (Å²) in [5, 5.41) is 13.2. The Hall–Kier alpha value is -0.640. The maximum absolute atomic E-state index is 9.34. The predicted octanol–water partition coefficient (Wildman–Crippen LogP) is 2.55. The molecule has 0 aromatic carbocycles. The summed E-state index contributed by atoms with van der Waals surface area (Å²) < 4.78 is 0. The highest BCUT2D eigenvalue weighted by molar-refractivity contribution is 6.30. The number of halogens is 1. The number of aliphatic hydroxyl groups excluding tert-OH is 1. The van der Waals surface area contributed by atoms with Crippen LogP contribution in [-0.4, -0.2) is 22.2 Å². The Bertz CT molecular complexity index is 340. The molecule has 0 bridgehead atoms. The summed E-state index contributed by atoms with van der Waals surface area (Å²) in [6.07, 6.45) is 2.52. The van der Waals surface area contributed by atoms with Gasteiger partial charge >= 0.3 is 0 Å². The van der Waals surface area contributed by atoms with Crippen molar-refractivity contribution in [2.24, 2.45) is 0 Å². The first-order chi connectivity index (χ1) is 7.52. The van der Waals surface area contributed by atoms with E-state index >= 15 is 0 Å². The van der Waals surface area contributed by atoms with Crippen LogP contribution in [0.2, 0.25) is 5.15 Å². The van der Waals surface area contributed by atoms with Gasteiger partial charge in [0.15, 0.2) is 0 Å². The van der Waals surface area contributed by atoms with Gasteiger partial charge < -0.3 is 10.4 Å². The molecule has 0 aliphatic rings. The van der Waals surface area contributed by atoms with Gasteiger partial charge in [0.05, 0.1) is 6.61 Å². The molecule has 1 heterocycles. The Morgan fingerprint density at radius 1 is 1.62 bits per heavy atom. The number of pyridine rings is 1. The van der Waals surface area contributed by atoms with Crippen molar-refractivity contribution in [3.8, 4) is 0 Å². The van der Waals surface area contributed by atoms with Gasteiger partial charge in [-0.3, -0.25) is 0 Å². The van der Waals surface area contributed by atoms with E-state index in [4.69, 9.17) is 11.6 Å². The Kier molecular flexibility index (Phi) is 4.71. The second kappa shape index (κ2) is 5.62. The van der Waals surface area contributed by atoms with Crippen molar-refractivity contribution < 1.29 is 5.11 Å². The van der Waals surface area contributed by atoms with Crippen LogP contribution >= 0.6 is 11.6 Å². The SMILES string of the molecule is CCC(C)(CO)NC(C)c1cccnc1Cl. The van der Waals surface area contributed by atoms with E-state index in [0.717, 1.165) is 12.0 Å². The number of aromatic nitrogens is 1. The van der Waals surface area contributed by atoms with Crippen LogP contribution in [0.5, 0.6) is 0 Å². The molecule has 2 unspecified atom stereocenters. The van der Waals surface area contributed by atoms with Gasteiger partial charge in [0.2, 0.25) is 0 Å². The van der Waals surface area contributed by atoms with E-state index in [2.05, 4.69) is 10.3 Å². The van der Waals surface area contributed by atoms with Gasteiger partial charge in [0.25, 0.3) is 0 Å². The maximum atomic E-state index is 9.34. The van der Waals surface area contributed by atoms with Crippen molar-refractivity contribution >= 4 is 11.6 Å². The molecule has 16 heavy (non-hydrogen) atoms. The van der Waals surface area contributed by atoms with Gasteiger partial charge in [-0.05, 0) is 26.3 Å². The fourth-order valence-electron chi connectivity index (χ4n) is 1.58. The van der Waals surface area contributed by atoms with Crippen LogP contribution in [0.25, 0.3) is 0 Å². The third-order valence-corrected chi connectivity index (χ3v) is 3.26. The molecular weight excluding hydrogens is 224 g/mol. The highest BCUT2D eigenvalue weighted by Crippen LogP contribution is 2.23. The van der Waals surface area contributed by atoms with Crippen molar-refractivity contribution in [1.29, 1.82) is 0 Å². The first-order valence-electron chi connectivity index (χ1n) is 5.51. The number of nitrogens with one attached hydrogen (secondary N) is 1. The number of aliphatic hydroxyl groups is 1. The lowest BCUT2D eigenvalue weighted by atomic mass is 9.97. The van der Waals surface area contributed by atoms with Gasteiger partial charge in [-0.2, -0.15) is 0 Å². The fourth-order valence-corrected chi connectivity index (χ4v) is 1.86. The molecule has 0 radical (unpaired) electrons. The lowest BCUT2D eigenvalue weighted by molar-refractivity contribution is 0.159. The topological polar surface area (TPSA) is 45.1 Å². The molecule has 0 aliphatic heterocycles. The molecule has 0 spiro atoms. The molecule has 0 saturated carbocycles. The predicted molar refractivity (Wildman–Crippen MR) is 66.6 cm³/mol. The van der Waals surface area contributed by atoms with E-state index < -0.39 is 0 Å². The summed E-state index contributed by atoms with van der Waals surface area (Å²) in [5.41, 5.74) is 0.677. The summed E-state index contributed by atoms with van der Waals surface area (Å²) in [5.74, 6) is 0. The van der Waals surface area contributed by atoms with Gasteiger partial charge in [-0.25, -0.2) is 4.98 Å². The normalized spacial score (nSPS) is 16.8. The van der Waals surface area contributed by atoms with Crippen molar-refractivity contribution in [2.75, 3.05) is 6.61 Å². The second-order valence-electron chi connectivity index (χ2n) is 4.32. The molecule has 0 aliphatic carbocycles. The number of nitrogens with zero attached hydrogens (tertiary/aromatic N) is 1. The van der Waals surface area contributed by atoms with Gasteiger partial charge in [-0.1, -0.05) is 24.6 Å². The number of hydrogen-bond donors (Lipinski definition) is 2. The van der Waals surface area contributed by atoms with E-state index in [0.29, 0.717) is 5.15 Å². The summed E-state index contributed by atoms with van der Waals surface area (Å²) in [7, 11) is 0. The molecule has 2 atom stereocenters. The number of hydrogen-bond acceptors (Lipinski definition) is 3. The fraction of sp³-hybridized carbons (Fsp3) is 0.583. The zero-order valence-electron chi connectivity index (χ0n) is 10.00. The van der Waals surface area contributed by atoms with Gasteiger partial charge in [0, 0.05) is 23.3 Å². The minimum absolute atomic E-state index is 0.0679. The van der Waals surface area contributed by atoms with E-state index in [9.17, 15) is 5.11 Å². The molecule has 3 nitrogen and oxygen atoms in total. The molecular formula is C12H19ClN2O. The average Bonchev–Trinajstić information content (AvgIpc) is 2.29. The van der Waals surface area contributed by atoms with Crippen molar-refractivity contribution in [3.63, 3.8) is 0 Å². The Morgan fingerprint density at radius 2 is 2.31 bits per heavy atom. The summed E-state index contributed by atoms with van der Waals surface area (Å²) >= 11 is 6.02. The van der Waals surface area contributed by atoms with Crippen LogP contribution in [0.1, 0.15) is 38.8 Å². The van der Waals surface area contributed by atoms with Crippen LogP contribution in [0.15, 0.2) is 18.3 Å². The average molecular weight is 243 g/mol. The van der Waals surface area contributed by atoms with Crippen LogP contribution in [0, 0.1) is 0 Å². The number of rotatable bonds is 5. The molecule has 1 aromatic rings. The zero-order valence-corrected chi connectivity index (χ0v) is 10.8. The largest absolute Gasteiger partial charge is 0.394 e. The lowest BCUT2D eigenvalue weighted by Gasteiger charge is -2.31. The van der Waals surface area contributed by atoms with Gasteiger partial charge in [0.1, 0.15) is 5.15 Å². The van der Waals surface area contributed by atoms with Crippen molar-refractivity contribution in [2.45, 2.75) is 38.8 Å². The molecule has 90 valence electrons. The minimum Gasteiger partial charge on any atom is -0.394 e. The van der Waals surface area contributed by atoms with E-state index in [1.807, 2.05) is 32.9 Å². The van der Waals surface area contributed by atoms with Crippen molar-refractivity contribution in [1.82, 2.24) is 10.3 Å². The van der Waals surface area contributed by atoms with E-state index in [1.54, 1.807) is 6.20 Å². The van der Waals surface area contributed by atoms with Gasteiger partial charge in [-0.15, -0.1) is 0 Å². The second-order valence-corrected chi connectivity index (χ2v) is 4.68. The molecule has 4 heteroatoms. The molecule has 1 rings (SSSR count). The monoisotopic (exact) mass is 242 g/mol. The molecule has 0 saturated heterocycles. The summed E-state index contributed by atoms with van der Waals surface area (Å²) in [6, 6.07) is 3.88. The van der Waals surface area contributed by atoms with Crippen LogP contribution < -0.4 is 5.32 Å². The molecule has 1 aromatic heterocycles. The Morgan fingerprint density at radius 3 is 2.81 bits per heavy atom. The maximum Gasteiger partial charge on any atom is 0.133 e. The van der Waals surface area contributed by atoms with E-state index in [1.165, 1.54) is 0 Å². The first-order valence-corrected chi connectivity index (χ1v) is 5.89. The zero-order chi connectivity index (χ0) is 12.2. The highest BCUT2D eigenvalue weighted by Gasteiger charge is 2.24. The van der Waals surface area contributed by atoms with E-state index in [-0.39, 0.29) is 18.2 Å². The highest BCUT2D eigenvalue weighted by atomic mass is 35.5. The first kappa shape index (κ1) is 13.4. The van der Waals surface area contributed by atoms with Crippen LogP contribution in [0.4, 0.5) is 0 Å². The summed E-state index contributed by atoms with van der Waals surface area (Å²) in [4.78, 5) is 4.04. The quantitative estimate of drug-likeness (QED) is 0.780. The third-order valence-electron chi connectivity index (χ3n) is 2.95. The summed E-state index contributed by atoms with van der Waals surface area (Å²) in [6.45, 7) is 6.16. The minimum atomic E-state index is -0.279. The van der Waals surface area contributed by atoms with Crippen LogP contribution in [-0.2, 0) is 0 Å². The molecule has 2 N–H and O–H groups in total. The lowest BCUT2D eigenvalue weighted by Crippen LogP contribution is -2.46. The third kappa shape index (κ3) is 3.17. The van der Waals surface area contributed by atoms with Crippen LogP contribution in [0.3, 0.4) is 0 Å². The standard InChI is InChI=1S/C12H19ClN2O/c1-4-12(3,8-16)15-9(2)10-6-5-7-14-11(10)13/h5-7,9,15-16H,4,8H2,1-3H3. The Balaban J connectivity index is 2.80. The smallest absolute Gasteiger partial charge is 0.133 e. The molecule has 0 fully saturated rings. The van der Waals surface area contributed by atoms with Crippen molar-refractivity contribution in [3.05, 3.63) is 29.0 Å². The Labute approximate surface area is 102 Å².